The van der Waals surface area contributed by atoms with Crippen molar-refractivity contribution in [1.29, 1.82) is 0 Å². The number of hydrogen-bond donors (Lipinski definition) is 3. The number of carbonyl (C=O) groups is 4. The van der Waals surface area contributed by atoms with Gasteiger partial charge in [0.15, 0.2) is 0 Å². The summed E-state index contributed by atoms with van der Waals surface area (Å²) in [7, 11) is 12.1. The monoisotopic (exact) mass is 648 g/mol. The number of carbonyl (C=O) groups excluding carboxylic acids is 3. The third kappa shape index (κ3) is 26.6. The molecule has 0 fully saturated rings. The molecule has 0 heterocycles. The molecular weight excluding hydrogens is 588 g/mol. The van der Waals surface area contributed by atoms with Crippen molar-refractivity contribution in [3.8, 4) is 0 Å². The zero-order valence-corrected chi connectivity index (χ0v) is 29.1. The third-order valence-electron chi connectivity index (χ3n) is 7.03. The van der Waals surface area contributed by atoms with Crippen LogP contribution in [0.4, 0.5) is 0 Å². The minimum absolute atomic E-state index is 0.148. The number of carboxylic acids is 1. The highest BCUT2D eigenvalue weighted by Gasteiger charge is 2.23. The first-order chi connectivity index (χ1) is 20.6. The number of ether oxygens (including phenoxy) is 1. The van der Waals surface area contributed by atoms with Crippen LogP contribution >= 0.6 is 21.6 Å². The fourth-order valence-corrected chi connectivity index (χ4v) is 6.75. The molecule has 10 nitrogen and oxygen atoms in total. The molecule has 0 saturated carbocycles. The van der Waals surface area contributed by atoms with Crippen LogP contribution in [0.25, 0.3) is 0 Å². The Hall–Kier alpha value is -1.50. The molecule has 2 amide bonds. The molecule has 0 radical (unpaired) electrons. The standard InChI is InChI=1S/C31H60N4O6S2/c1-34(2)22-18-14-10-6-8-12-16-20-28(36)32-26(30(38)39)24-42-43-25-27(31(40)41-5)33-29(37)21-17-13-9-7-11-15-19-23-35(3)4/h26-27H,6-25H2,1-5H3,(H,32,36)(H,33,37)(H,38,39). The molecule has 12 heteroatoms. The van der Waals surface area contributed by atoms with Gasteiger partial charge in [0.25, 0.3) is 0 Å². The van der Waals surface area contributed by atoms with Crippen molar-refractivity contribution in [3.05, 3.63) is 0 Å². The van der Waals surface area contributed by atoms with E-state index in [0.29, 0.717) is 12.8 Å². The molecule has 0 bridgehead atoms. The Kier molecular flexibility index (Phi) is 27.0. The predicted octanol–water partition coefficient (Wildman–Crippen LogP) is 4.96. The summed E-state index contributed by atoms with van der Waals surface area (Å²) >= 11 is 0. The summed E-state index contributed by atoms with van der Waals surface area (Å²) in [5.74, 6) is -1.68. The highest BCUT2D eigenvalue weighted by atomic mass is 33.1. The van der Waals surface area contributed by atoms with E-state index in [0.717, 1.165) is 58.0 Å². The van der Waals surface area contributed by atoms with E-state index in [2.05, 4.69) is 48.6 Å². The van der Waals surface area contributed by atoms with Crippen LogP contribution in [-0.2, 0) is 23.9 Å². The number of carboxylic acid groups (broad SMARTS) is 1. The van der Waals surface area contributed by atoms with Gasteiger partial charge in [-0.3, -0.25) is 9.59 Å². The van der Waals surface area contributed by atoms with Crippen LogP contribution in [0.15, 0.2) is 0 Å². The quantitative estimate of drug-likeness (QED) is 0.0582. The zero-order chi connectivity index (χ0) is 32.3. The van der Waals surface area contributed by atoms with Crippen LogP contribution in [0, 0.1) is 0 Å². The van der Waals surface area contributed by atoms with Crippen molar-refractivity contribution < 1.29 is 29.0 Å². The maximum Gasteiger partial charge on any atom is 0.329 e. The van der Waals surface area contributed by atoms with Crippen LogP contribution in [-0.4, -0.2) is 111 Å². The molecule has 2 atom stereocenters. The summed E-state index contributed by atoms with van der Waals surface area (Å²) in [6, 6.07) is -1.82. The zero-order valence-electron chi connectivity index (χ0n) is 27.5. The molecule has 0 aromatic rings. The van der Waals surface area contributed by atoms with Crippen LogP contribution in [0.1, 0.15) is 103 Å². The SMILES string of the molecule is COC(=O)C(CSSCC(NC(=O)CCCCCCCCCN(C)C)C(=O)O)NC(=O)CCCCCCCCCN(C)C. The smallest absolute Gasteiger partial charge is 0.329 e. The second kappa shape index (κ2) is 28.0. The van der Waals surface area contributed by atoms with Gasteiger partial charge in [0.05, 0.1) is 7.11 Å². The van der Waals surface area contributed by atoms with Gasteiger partial charge in [0.2, 0.25) is 11.8 Å². The largest absolute Gasteiger partial charge is 0.480 e. The normalized spacial score (nSPS) is 12.7. The lowest BCUT2D eigenvalue weighted by Crippen LogP contribution is -2.43. The van der Waals surface area contributed by atoms with Crippen LogP contribution in [0.2, 0.25) is 0 Å². The number of esters is 1. The molecule has 0 aliphatic rings. The first-order valence-electron chi connectivity index (χ1n) is 16.0. The first kappa shape index (κ1) is 41.5. The molecule has 3 N–H and O–H groups in total. The summed E-state index contributed by atoms with van der Waals surface area (Å²) in [6.07, 6.45) is 15.9. The number of rotatable bonds is 29. The van der Waals surface area contributed by atoms with Crippen molar-refractivity contribution in [2.75, 3.05) is 59.9 Å². The number of unbranched alkanes of at least 4 members (excludes halogenated alkanes) is 12. The Morgan fingerprint density at radius 2 is 0.953 bits per heavy atom. The molecule has 0 aliphatic carbocycles. The van der Waals surface area contributed by atoms with E-state index >= 15 is 0 Å². The van der Waals surface area contributed by atoms with Gasteiger partial charge in [-0.05, 0) is 67.0 Å². The van der Waals surface area contributed by atoms with Crippen molar-refractivity contribution in [2.45, 2.75) is 115 Å². The predicted molar refractivity (Wildman–Crippen MR) is 179 cm³/mol. The second-order valence-corrected chi connectivity index (χ2v) is 14.3. The van der Waals surface area contributed by atoms with Gasteiger partial charge < -0.3 is 30.3 Å². The summed E-state index contributed by atoms with van der Waals surface area (Å²) < 4.78 is 4.84. The number of hydrogen-bond acceptors (Lipinski definition) is 9. The first-order valence-corrected chi connectivity index (χ1v) is 18.5. The lowest BCUT2D eigenvalue weighted by Gasteiger charge is -2.17. The average molecular weight is 649 g/mol. The summed E-state index contributed by atoms with van der Waals surface area (Å²) in [4.78, 5) is 53.0. The summed E-state index contributed by atoms with van der Waals surface area (Å²) in [6.45, 7) is 2.23. The van der Waals surface area contributed by atoms with E-state index in [4.69, 9.17) is 4.74 Å². The van der Waals surface area contributed by atoms with Crippen molar-refractivity contribution >= 4 is 45.3 Å². The fraction of sp³-hybridized carbons (Fsp3) is 0.871. The molecule has 0 saturated heterocycles. The Labute approximate surface area is 269 Å². The molecule has 0 aromatic heterocycles. The lowest BCUT2D eigenvalue weighted by atomic mass is 10.1. The summed E-state index contributed by atoms with van der Waals surface area (Å²) in [5, 5.41) is 14.9. The van der Waals surface area contributed by atoms with E-state index in [1.807, 2.05) is 0 Å². The molecule has 252 valence electrons. The number of methoxy groups -OCH3 is 1. The third-order valence-corrected chi connectivity index (χ3v) is 9.45. The van der Waals surface area contributed by atoms with E-state index in [9.17, 15) is 24.3 Å². The number of nitrogens with zero attached hydrogens (tertiary/aromatic N) is 2. The van der Waals surface area contributed by atoms with Crippen molar-refractivity contribution in [2.24, 2.45) is 0 Å². The number of nitrogens with one attached hydrogen (secondary N) is 2. The van der Waals surface area contributed by atoms with Gasteiger partial charge >= 0.3 is 11.9 Å². The number of aliphatic carboxylic acids is 1. The number of amides is 2. The van der Waals surface area contributed by atoms with E-state index in [-0.39, 0.29) is 23.3 Å². The highest BCUT2D eigenvalue weighted by molar-refractivity contribution is 8.76. The van der Waals surface area contributed by atoms with Gasteiger partial charge in [-0.25, -0.2) is 9.59 Å². The van der Waals surface area contributed by atoms with E-state index < -0.39 is 24.0 Å². The molecule has 2 unspecified atom stereocenters. The minimum atomic E-state index is -1.09. The Bertz CT molecular complexity index is 758. The van der Waals surface area contributed by atoms with Crippen molar-refractivity contribution in [1.82, 2.24) is 20.4 Å². The van der Waals surface area contributed by atoms with Crippen LogP contribution in [0.3, 0.4) is 0 Å². The van der Waals surface area contributed by atoms with Gasteiger partial charge in [0, 0.05) is 24.3 Å². The maximum atomic E-state index is 12.4. The molecule has 0 rings (SSSR count). The van der Waals surface area contributed by atoms with Gasteiger partial charge in [0.1, 0.15) is 12.1 Å². The topological polar surface area (TPSA) is 128 Å². The van der Waals surface area contributed by atoms with Crippen LogP contribution < -0.4 is 10.6 Å². The van der Waals surface area contributed by atoms with Crippen LogP contribution in [0.5, 0.6) is 0 Å². The summed E-state index contributed by atoms with van der Waals surface area (Å²) in [5.41, 5.74) is 0. The molecule has 0 aromatic carbocycles. The lowest BCUT2D eigenvalue weighted by molar-refractivity contribution is -0.144. The molecular formula is C31H60N4O6S2. The van der Waals surface area contributed by atoms with E-state index in [1.54, 1.807) is 0 Å². The van der Waals surface area contributed by atoms with Crippen molar-refractivity contribution in [3.63, 3.8) is 0 Å². The second-order valence-electron chi connectivity index (χ2n) is 11.7. The highest BCUT2D eigenvalue weighted by Crippen LogP contribution is 2.23. The minimum Gasteiger partial charge on any atom is -0.480 e. The molecule has 43 heavy (non-hydrogen) atoms. The fourth-order valence-electron chi connectivity index (χ4n) is 4.45. The maximum absolute atomic E-state index is 12.4. The van der Waals surface area contributed by atoms with Gasteiger partial charge in [-0.2, -0.15) is 0 Å². The average Bonchev–Trinajstić information content (AvgIpc) is 2.95. The Morgan fingerprint density at radius 3 is 1.33 bits per heavy atom. The molecule has 0 spiro atoms. The Balaban J connectivity index is 4.17. The van der Waals surface area contributed by atoms with E-state index in [1.165, 1.54) is 73.6 Å². The van der Waals surface area contributed by atoms with Gasteiger partial charge in [-0.15, -0.1) is 0 Å². The van der Waals surface area contributed by atoms with Gasteiger partial charge in [-0.1, -0.05) is 85.8 Å². The Morgan fingerprint density at radius 1 is 0.605 bits per heavy atom. The molecule has 0 aliphatic heterocycles.